The number of likely N-dealkylation sites (N-methyl/N-ethyl adjacent to an activating group) is 1. The van der Waals surface area contributed by atoms with Crippen molar-refractivity contribution in [3.8, 4) is 10.4 Å². The van der Waals surface area contributed by atoms with Crippen molar-refractivity contribution in [3.63, 3.8) is 0 Å². The standard InChI is InChI=1S/C26H30ClN3O4S2/c1-29-22(16-8-4-2-5-9-16)15-30(17-10-6-3-7-11-17)21-13-19(27)18(12-24(21)36(29,33)34)23-14-20(28)25(35-23)26(31)32/h3,6-7,10-14,16,22,33-34H,2,4-5,8-9,15,28H2,1H3,(H,31,32). The number of hydrogen-bond acceptors (Lipinski definition) is 7. The van der Waals surface area contributed by atoms with Crippen molar-refractivity contribution in [3.05, 3.63) is 58.4 Å². The molecule has 5 rings (SSSR count). The number of nitrogens with two attached hydrogens (primary N) is 1. The lowest BCUT2D eigenvalue weighted by Crippen LogP contribution is -2.45. The van der Waals surface area contributed by atoms with E-state index in [9.17, 15) is 19.0 Å². The quantitative estimate of drug-likeness (QED) is 0.269. The average Bonchev–Trinajstić information content (AvgIpc) is 3.23. The van der Waals surface area contributed by atoms with Gasteiger partial charge in [-0.2, -0.15) is 4.31 Å². The number of thiophene rings is 1. The summed E-state index contributed by atoms with van der Waals surface area (Å²) in [6.45, 7) is 0.596. The van der Waals surface area contributed by atoms with Crippen LogP contribution in [0.15, 0.2) is 53.4 Å². The molecule has 1 saturated carbocycles. The Morgan fingerprint density at radius 2 is 1.81 bits per heavy atom. The lowest BCUT2D eigenvalue weighted by atomic mass is 9.83. The number of carboxylic acid groups (broad SMARTS) is 1. The Hall–Kier alpha value is -2.27. The van der Waals surface area contributed by atoms with Gasteiger partial charge in [-0.15, -0.1) is 22.1 Å². The van der Waals surface area contributed by atoms with E-state index in [0.29, 0.717) is 38.5 Å². The lowest BCUT2D eigenvalue weighted by molar-refractivity contribution is 0.0703. The Bertz CT molecular complexity index is 1280. The van der Waals surface area contributed by atoms with E-state index < -0.39 is 16.7 Å². The predicted molar refractivity (Wildman–Crippen MR) is 149 cm³/mol. The number of anilines is 3. The lowest BCUT2D eigenvalue weighted by Gasteiger charge is -2.46. The highest BCUT2D eigenvalue weighted by atomic mass is 35.5. The number of carbonyl (C=O) groups is 1. The molecule has 0 bridgehead atoms. The van der Waals surface area contributed by atoms with Gasteiger partial charge in [0.25, 0.3) is 0 Å². The summed E-state index contributed by atoms with van der Waals surface area (Å²) < 4.78 is 25.2. The van der Waals surface area contributed by atoms with Crippen LogP contribution < -0.4 is 10.6 Å². The number of hydrogen-bond donors (Lipinski definition) is 4. The summed E-state index contributed by atoms with van der Waals surface area (Å²) in [4.78, 5) is 14.7. The predicted octanol–water partition coefficient (Wildman–Crippen LogP) is 7.41. The molecule has 1 unspecified atom stereocenters. The molecule has 0 saturated heterocycles. The summed E-state index contributed by atoms with van der Waals surface area (Å²) in [5, 5.41) is 9.85. The average molecular weight is 548 g/mol. The van der Waals surface area contributed by atoms with Crippen LogP contribution in [0, 0.1) is 5.92 Å². The minimum absolute atomic E-state index is 0.0306. The largest absolute Gasteiger partial charge is 0.477 e. The number of rotatable bonds is 4. The molecule has 1 aliphatic heterocycles. The van der Waals surface area contributed by atoms with Crippen molar-refractivity contribution in [2.45, 2.75) is 43.0 Å². The molecule has 7 nitrogen and oxygen atoms in total. The van der Waals surface area contributed by atoms with Crippen LogP contribution >= 0.6 is 33.7 Å². The normalized spacial score (nSPS) is 21.6. The third kappa shape index (κ3) is 4.49. The number of halogens is 1. The van der Waals surface area contributed by atoms with E-state index in [-0.39, 0.29) is 16.6 Å². The van der Waals surface area contributed by atoms with Gasteiger partial charge in [0.2, 0.25) is 0 Å². The highest BCUT2D eigenvalue weighted by Gasteiger charge is 2.41. The number of nitrogen functional groups attached to an aromatic ring is 1. The smallest absolute Gasteiger partial charge is 0.348 e. The molecule has 2 heterocycles. The highest BCUT2D eigenvalue weighted by Crippen LogP contribution is 2.61. The fourth-order valence-electron chi connectivity index (χ4n) is 5.43. The van der Waals surface area contributed by atoms with Crippen molar-refractivity contribution in [2.75, 3.05) is 24.2 Å². The summed E-state index contributed by atoms with van der Waals surface area (Å²) in [5.74, 6) is -0.759. The summed E-state index contributed by atoms with van der Waals surface area (Å²) in [7, 11) is -1.58. The van der Waals surface area contributed by atoms with Crippen LogP contribution in [0.25, 0.3) is 10.4 Å². The molecule has 1 aromatic heterocycles. The van der Waals surface area contributed by atoms with E-state index in [2.05, 4.69) is 4.90 Å². The van der Waals surface area contributed by atoms with Gasteiger partial charge in [-0.05, 0) is 49.1 Å². The molecule has 2 aliphatic rings. The van der Waals surface area contributed by atoms with Crippen LogP contribution in [0.5, 0.6) is 0 Å². The molecule has 192 valence electrons. The van der Waals surface area contributed by atoms with Gasteiger partial charge >= 0.3 is 5.97 Å². The van der Waals surface area contributed by atoms with E-state index >= 15 is 0 Å². The molecule has 0 spiro atoms. The second-order valence-corrected chi connectivity index (χ2v) is 13.0. The molecule has 1 atom stereocenters. The fourth-order valence-corrected chi connectivity index (χ4v) is 8.35. The van der Waals surface area contributed by atoms with E-state index in [4.69, 9.17) is 17.3 Å². The molecular formula is C26H30ClN3O4S2. The Balaban J connectivity index is 1.69. The maximum atomic E-state index is 11.7. The second kappa shape index (κ2) is 9.89. The molecule has 2 aromatic carbocycles. The third-order valence-corrected chi connectivity index (χ3v) is 10.8. The Kier molecular flexibility index (Phi) is 6.97. The van der Waals surface area contributed by atoms with E-state index in [0.717, 1.165) is 42.7 Å². The van der Waals surface area contributed by atoms with Crippen LogP contribution in [0.1, 0.15) is 41.8 Å². The number of fused-ring (bicyclic) bond motifs is 1. The maximum absolute atomic E-state index is 11.7. The first-order valence-corrected chi connectivity index (χ1v) is 14.7. The van der Waals surface area contributed by atoms with Crippen molar-refractivity contribution in [1.82, 2.24) is 4.31 Å². The van der Waals surface area contributed by atoms with Gasteiger partial charge in [0, 0.05) is 35.8 Å². The molecule has 5 N–H and O–H groups in total. The number of nitrogens with zero attached hydrogens (tertiary/aromatic N) is 2. The van der Waals surface area contributed by atoms with Crippen molar-refractivity contribution < 1.29 is 19.0 Å². The Morgan fingerprint density at radius 3 is 2.44 bits per heavy atom. The Labute approximate surface area is 221 Å². The Morgan fingerprint density at radius 1 is 1.11 bits per heavy atom. The van der Waals surface area contributed by atoms with Crippen LogP contribution in [-0.4, -0.2) is 44.1 Å². The SMILES string of the molecule is CN1C(C2CCCCC2)CN(c2ccccc2)c2cc(Cl)c(-c3cc(N)c(C(=O)O)s3)cc2S1(O)O. The summed E-state index contributed by atoms with van der Waals surface area (Å²) in [5.41, 5.74) is 8.21. The summed E-state index contributed by atoms with van der Waals surface area (Å²) in [6.07, 6.45) is 5.62. The first-order valence-electron chi connectivity index (χ1n) is 12.0. The molecular weight excluding hydrogens is 518 g/mol. The number of aromatic carboxylic acids is 1. The molecule has 1 fully saturated rings. The monoisotopic (exact) mass is 547 g/mol. The molecule has 36 heavy (non-hydrogen) atoms. The zero-order valence-corrected chi connectivity index (χ0v) is 22.3. The number of carboxylic acids is 1. The summed E-state index contributed by atoms with van der Waals surface area (Å²) in [6, 6.07) is 14.9. The molecule has 3 aromatic rings. The van der Waals surface area contributed by atoms with Crippen molar-refractivity contribution >= 4 is 56.7 Å². The molecule has 1 aliphatic carbocycles. The van der Waals surface area contributed by atoms with Gasteiger partial charge in [-0.3, -0.25) is 9.11 Å². The van der Waals surface area contributed by atoms with Crippen molar-refractivity contribution in [1.29, 1.82) is 0 Å². The van der Waals surface area contributed by atoms with Gasteiger partial charge < -0.3 is 15.7 Å². The zero-order valence-electron chi connectivity index (χ0n) is 19.9. The van der Waals surface area contributed by atoms with E-state index in [1.165, 1.54) is 6.42 Å². The topological polar surface area (TPSA) is 110 Å². The highest BCUT2D eigenvalue weighted by molar-refractivity contribution is 8.22. The van der Waals surface area contributed by atoms with Gasteiger partial charge in [0.15, 0.2) is 0 Å². The minimum Gasteiger partial charge on any atom is -0.477 e. The van der Waals surface area contributed by atoms with Crippen LogP contribution in [0.2, 0.25) is 5.02 Å². The maximum Gasteiger partial charge on any atom is 0.348 e. The number of para-hydroxylation sites is 1. The van der Waals surface area contributed by atoms with Gasteiger partial charge in [0.1, 0.15) is 4.88 Å². The first kappa shape index (κ1) is 25.4. The molecule has 0 radical (unpaired) electrons. The van der Waals surface area contributed by atoms with Crippen molar-refractivity contribution in [2.24, 2.45) is 5.92 Å². The fraction of sp³-hybridized carbons (Fsp3) is 0.346. The van der Waals surface area contributed by atoms with Gasteiger partial charge in [-0.25, -0.2) is 4.79 Å². The van der Waals surface area contributed by atoms with Crippen LogP contribution in [-0.2, 0) is 0 Å². The third-order valence-electron chi connectivity index (χ3n) is 7.36. The van der Waals surface area contributed by atoms with Crippen LogP contribution in [0.4, 0.5) is 17.1 Å². The number of benzene rings is 2. The van der Waals surface area contributed by atoms with Crippen LogP contribution in [0.3, 0.4) is 0 Å². The van der Waals surface area contributed by atoms with E-state index in [1.807, 2.05) is 30.3 Å². The molecule has 0 amide bonds. The molecule has 10 heteroatoms. The van der Waals surface area contributed by atoms with Gasteiger partial charge in [0.05, 0.1) is 21.3 Å². The first-order chi connectivity index (χ1) is 17.2. The van der Waals surface area contributed by atoms with Gasteiger partial charge in [-0.1, -0.05) is 49.1 Å². The minimum atomic E-state index is -3.37. The second-order valence-electron chi connectivity index (χ2n) is 9.48. The zero-order chi connectivity index (χ0) is 25.6. The van der Waals surface area contributed by atoms with E-state index in [1.54, 1.807) is 29.6 Å². The summed E-state index contributed by atoms with van der Waals surface area (Å²) >= 11 is 7.80.